The molecule has 0 fully saturated rings. The standard InChI is InChI=1S/C15H17Cl2N3/c1-4-7-18-15-14(19-9(2)10(3)20-15)12-6-5-11(16)8-13(12)17/h5-6,8H,4,7H2,1-3H3,(H,18,20). The largest absolute Gasteiger partial charge is 0.368 e. The van der Waals surface area contributed by atoms with Gasteiger partial charge in [0.15, 0.2) is 5.82 Å². The number of hydrogen-bond donors (Lipinski definition) is 1. The lowest BCUT2D eigenvalue weighted by atomic mass is 10.1. The number of benzene rings is 1. The van der Waals surface area contributed by atoms with Gasteiger partial charge in [-0.3, -0.25) is 0 Å². The van der Waals surface area contributed by atoms with Gasteiger partial charge in [-0.1, -0.05) is 30.1 Å². The van der Waals surface area contributed by atoms with E-state index in [9.17, 15) is 0 Å². The molecule has 0 saturated heterocycles. The van der Waals surface area contributed by atoms with Crippen LogP contribution in [0.4, 0.5) is 5.82 Å². The van der Waals surface area contributed by atoms with E-state index in [4.69, 9.17) is 23.2 Å². The van der Waals surface area contributed by atoms with Crippen LogP contribution >= 0.6 is 23.2 Å². The predicted molar refractivity (Wildman–Crippen MR) is 85.7 cm³/mol. The Morgan fingerprint density at radius 1 is 1.10 bits per heavy atom. The summed E-state index contributed by atoms with van der Waals surface area (Å²) in [7, 11) is 0. The van der Waals surface area contributed by atoms with Crippen LogP contribution in [0.2, 0.25) is 10.0 Å². The third-order valence-electron chi connectivity index (χ3n) is 3.04. The Morgan fingerprint density at radius 3 is 2.45 bits per heavy atom. The second kappa shape index (κ2) is 6.42. The van der Waals surface area contributed by atoms with Crippen molar-refractivity contribution in [2.24, 2.45) is 0 Å². The van der Waals surface area contributed by atoms with Crippen LogP contribution in [0.1, 0.15) is 24.7 Å². The van der Waals surface area contributed by atoms with Gasteiger partial charge in [0.05, 0.1) is 16.4 Å². The first-order chi connectivity index (χ1) is 9.52. The Bertz CT molecular complexity index is 627. The fourth-order valence-corrected chi connectivity index (χ4v) is 2.34. The molecular weight excluding hydrogens is 293 g/mol. The van der Waals surface area contributed by atoms with Crippen LogP contribution in [0.3, 0.4) is 0 Å². The van der Waals surface area contributed by atoms with E-state index >= 15 is 0 Å². The third kappa shape index (κ3) is 3.22. The molecule has 0 atom stereocenters. The van der Waals surface area contributed by atoms with Crippen molar-refractivity contribution >= 4 is 29.0 Å². The quantitative estimate of drug-likeness (QED) is 0.873. The molecule has 1 aromatic carbocycles. The molecule has 0 unspecified atom stereocenters. The summed E-state index contributed by atoms with van der Waals surface area (Å²) in [5.74, 6) is 0.763. The van der Waals surface area contributed by atoms with Crippen molar-refractivity contribution in [3.05, 3.63) is 39.6 Å². The Kier molecular flexibility index (Phi) is 4.84. The summed E-state index contributed by atoms with van der Waals surface area (Å²) < 4.78 is 0. The zero-order valence-corrected chi connectivity index (χ0v) is 13.3. The maximum Gasteiger partial charge on any atom is 0.152 e. The van der Waals surface area contributed by atoms with Gasteiger partial charge in [0.25, 0.3) is 0 Å². The molecule has 106 valence electrons. The molecule has 1 heterocycles. The molecule has 0 radical (unpaired) electrons. The summed E-state index contributed by atoms with van der Waals surface area (Å²) in [5.41, 5.74) is 3.42. The predicted octanol–water partition coefficient (Wildman–Crippen LogP) is 4.89. The van der Waals surface area contributed by atoms with Crippen molar-refractivity contribution in [2.75, 3.05) is 11.9 Å². The fraction of sp³-hybridized carbons (Fsp3) is 0.333. The summed E-state index contributed by atoms with van der Waals surface area (Å²) >= 11 is 12.2. The Hall–Kier alpha value is -1.32. The molecular formula is C15H17Cl2N3. The summed E-state index contributed by atoms with van der Waals surface area (Å²) in [5, 5.41) is 4.49. The smallest absolute Gasteiger partial charge is 0.152 e. The van der Waals surface area contributed by atoms with Gasteiger partial charge in [-0.25, -0.2) is 9.97 Å². The van der Waals surface area contributed by atoms with E-state index in [1.54, 1.807) is 6.07 Å². The van der Waals surface area contributed by atoms with Crippen molar-refractivity contribution < 1.29 is 0 Å². The Morgan fingerprint density at radius 2 is 1.80 bits per heavy atom. The van der Waals surface area contributed by atoms with Gasteiger partial charge in [-0.2, -0.15) is 0 Å². The Balaban J connectivity index is 2.55. The van der Waals surface area contributed by atoms with Crippen LogP contribution in [0.15, 0.2) is 18.2 Å². The number of anilines is 1. The lowest BCUT2D eigenvalue weighted by molar-refractivity contribution is 0.953. The highest BCUT2D eigenvalue weighted by atomic mass is 35.5. The molecule has 1 N–H and O–H groups in total. The summed E-state index contributed by atoms with van der Waals surface area (Å²) in [6.45, 7) is 6.85. The molecule has 0 bridgehead atoms. The minimum atomic E-state index is 0.578. The highest BCUT2D eigenvalue weighted by molar-refractivity contribution is 6.36. The molecule has 20 heavy (non-hydrogen) atoms. The number of aromatic nitrogens is 2. The molecule has 1 aromatic heterocycles. The third-order valence-corrected chi connectivity index (χ3v) is 3.58. The van der Waals surface area contributed by atoms with Crippen LogP contribution < -0.4 is 5.32 Å². The molecule has 0 spiro atoms. The molecule has 0 aliphatic carbocycles. The number of hydrogen-bond acceptors (Lipinski definition) is 3. The minimum Gasteiger partial charge on any atom is -0.368 e. The van der Waals surface area contributed by atoms with Crippen molar-refractivity contribution in [1.29, 1.82) is 0 Å². The molecule has 0 amide bonds. The van der Waals surface area contributed by atoms with Crippen molar-refractivity contribution in [2.45, 2.75) is 27.2 Å². The first kappa shape index (κ1) is 15.1. The van der Waals surface area contributed by atoms with Crippen LogP contribution in [0, 0.1) is 13.8 Å². The average molecular weight is 310 g/mol. The molecule has 5 heteroatoms. The number of aryl methyl sites for hydroxylation is 2. The minimum absolute atomic E-state index is 0.578. The van der Waals surface area contributed by atoms with Crippen molar-refractivity contribution in [3.8, 4) is 11.3 Å². The fourth-order valence-electron chi connectivity index (χ4n) is 1.84. The van der Waals surface area contributed by atoms with Gasteiger partial charge in [0, 0.05) is 17.1 Å². The molecule has 2 aromatic rings. The monoisotopic (exact) mass is 309 g/mol. The lowest BCUT2D eigenvalue weighted by Gasteiger charge is -2.13. The van der Waals surface area contributed by atoms with E-state index in [1.165, 1.54) is 0 Å². The van der Waals surface area contributed by atoms with E-state index in [1.807, 2.05) is 26.0 Å². The molecule has 3 nitrogen and oxygen atoms in total. The topological polar surface area (TPSA) is 37.8 Å². The lowest BCUT2D eigenvalue weighted by Crippen LogP contribution is -2.07. The maximum atomic E-state index is 6.28. The molecule has 2 rings (SSSR count). The van der Waals surface area contributed by atoms with Crippen LogP contribution in [-0.4, -0.2) is 16.5 Å². The first-order valence-corrected chi connectivity index (χ1v) is 7.33. The summed E-state index contributed by atoms with van der Waals surface area (Å²) in [6.07, 6.45) is 1.02. The van der Waals surface area contributed by atoms with E-state index in [-0.39, 0.29) is 0 Å². The highest BCUT2D eigenvalue weighted by Crippen LogP contribution is 2.33. The highest BCUT2D eigenvalue weighted by Gasteiger charge is 2.14. The number of nitrogens with zero attached hydrogens (tertiary/aromatic N) is 2. The van der Waals surface area contributed by atoms with E-state index < -0.39 is 0 Å². The van der Waals surface area contributed by atoms with Crippen LogP contribution in [-0.2, 0) is 0 Å². The summed E-state index contributed by atoms with van der Waals surface area (Å²) in [4.78, 5) is 9.22. The normalized spacial score (nSPS) is 10.7. The van der Waals surface area contributed by atoms with E-state index in [0.29, 0.717) is 10.0 Å². The maximum absolute atomic E-state index is 6.28. The van der Waals surface area contributed by atoms with Gasteiger partial charge in [-0.15, -0.1) is 0 Å². The van der Waals surface area contributed by atoms with E-state index in [2.05, 4.69) is 22.2 Å². The van der Waals surface area contributed by atoms with Gasteiger partial charge in [0.2, 0.25) is 0 Å². The van der Waals surface area contributed by atoms with Crippen LogP contribution in [0.5, 0.6) is 0 Å². The van der Waals surface area contributed by atoms with Gasteiger partial charge < -0.3 is 5.32 Å². The Labute approximate surface area is 129 Å². The first-order valence-electron chi connectivity index (χ1n) is 6.57. The van der Waals surface area contributed by atoms with Gasteiger partial charge >= 0.3 is 0 Å². The molecule has 0 aliphatic heterocycles. The second-order valence-electron chi connectivity index (χ2n) is 4.64. The SMILES string of the molecule is CCCNc1nc(C)c(C)nc1-c1ccc(Cl)cc1Cl. The zero-order valence-electron chi connectivity index (χ0n) is 11.8. The van der Waals surface area contributed by atoms with E-state index in [0.717, 1.165) is 41.4 Å². The molecule has 0 aliphatic rings. The molecule has 0 saturated carbocycles. The summed E-state index contributed by atoms with van der Waals surface area (Å²) in [6, 6.07) is 5.41. The van der Waals surface area contributed by atoms with Gasteiger partial charge in [-0.05, 0) is 38.5 Å². The number of halogens is 2. The second-order valence-corrected chi connectivity index (χ2v) is 5.49. The van der Waals surface area contributed by atoms with Crippen molar-refractivity contribution in [1.82, 2.24) is 9.97 Å². The van der Waals surface area contributed by atoms with Crippen LogP contribution in [0.25, 0.3) is 11.3 Å². The number of nitrogens with one attached hydrogen (secondary N) is 1. The average Bonchev–Trinajstić information content (AvgIpc) is 2.40. The number of rotatable bonds is 4. The van der Waals surface area contributed by atoms with Gasteiger partial charge in [0.1, 0.15) is 5.69 Å². The zero-order chi connectivity index (χ0) is 14.7. The van der Waals surface area contributed by atoms with Crippen molar-refractivity contribution in [3.63, 3.8) is 0 Å².